The van der Waals surface area contributed by atoms with E-state index in [-0.39, 0.29) is 18.4 Å². The van der Waals surface area contributed by atoms with Crippen LogP contribution in [-0.4, -0.2) is 54.2 Å². The van der Waals surface area contributed by atoms with Gasteiger partial charge in [-0.05, 0) is 18.6 Å². The normalized spacial score (nSPS) is 11.9. The number of amides is 2. The van der Waals surface area contributed by atoms with Crippen molar-refractivity contribution in [1.29, 1.82) is 0 Å². The Morgan fingerprint density at radius 1 is 1.47 bits per heavy atom. The van der Waals surface area contributed by atoms with Gasteiger partial charge in [0.25, 0.3) is 0 Å². The Bertz CT molecular complexity index is 249. The lowest BCUT2D eigenvalue weighted by molar-refractivity contribution is -0.137. The third kappa shape index (κ3) is 8.85. The standard InChI is InChI=1S/C11H22N2O3S/c1-9(4-5-10(14)15)8-12-11(16)13(2)6-7-17-3/h9H,4-8H2,1-3H3,(H,12,16)(H,14,15). The number of aliphatic carboxylic acids is 1. The van der Waals surface area contributed by atoms with Gasteiger partial charge in [-0.25, -0.2) is 4.79 Å². The summed E-state index contributed by atoms with van der Waals surface area (Å²) in [4.78, 5) is 23.6. The molecule has 2 N–H and O–H groups in total. The highest BCUT2D eigenvalue weighted by atomic mass is 32.2. The van der Waals surface area contributed by atoms with E-state index in [0.717, 1.165) is 12.3 Å². The van der Waals surface area contributed by atoms with Crippen LogP contribution in [0.15, 0.2) is 0 Å². The fourth-order valence-electron chi connectivity index (χ4n) is 1.20. The number of thioether (sulfide) groups is 1. The van der Waals surface area contributed by atoms with Crippen LogP contribution in [0, 0.1) is 5.92 Å². The van der Waals surface area contributed by atoms with Crippen molar-refractivity contribution in [2.75, 3.05) is 32.1 Å². The molecule has 6 heteroatoms. The molecule has 0 radical (unpaired) electrons. The second kappa shape index (κ2) is 9.15. The Morgan fingerprint density at radius 3 is 2.65 bits per heavy atom. The number of nitrogens with one attached hydrogen (secondary N) is 1. The molecule has 0 heterocycles. The van der Waals surface area contributed by atoms with Crippen molar-refractivity contribution in [2.45, 2.75) is 19.8 Å². The molecule has 5 nitrogen and oxygen atoms in total. The molecule has 1 atom stereocenters. The number of carboxylic acids is 1. The lowest BCUT2D eigenvalue weighted by Gasteiger charge is -2.19. The number of rotatable bonds is 8. The van der Waals surface area contributed by atoms with E-state index in [9.17, 15) is 9.59 Å². The van der Waals surface area contributed by atoms with Gasteiger partial charge in [0.15, 0.2) is 0 Å². The van der Waals surface area contributed by atoms with Crippen LogP contribution in [0.5, 0.6) is 0 Å². The minimum atomic E-state index is -0.791. The molecule has 0 spiro atoms. The first kappa shape index (κ1) is 16.1. The van der Waals surface area contributed by atoms with Crippen LogP contribution in [0.4, 0.5) is 4.79 Å². The Morgan fingerprint density at radius 2 is 2.12 bits per heavy atom. The van der Waals surface area contributed by atoms with Crippen LogP contribution in [-0.2, 0) is 4.79 Å². The zero-order valence-corrected chi connectivity index (χ0v) is 11.5. The van der Waals surface area contributed by atoms with Crippen LogP contribution in [0.1, 0.15) is 19.8 Å². The Labute approximate surface area is 107 Å². The van der Waals surface area contributed by atoms with Crippen molar-refractivity contribution >= 4 is 23.8 Å². The summed E-state index contributed by atoms with van der Waals surface area (Å²) in [7, 11) is 1.76. The second-order valence-corrected chi connectivity index (χ2v) is 5.12. The molecule has 17 heavy (non-hydrogen) atoms. The number of urea groups is 1. The van der Waals surface area contributed by atoms with Crippen molar-refractivity contribution in [2.24, 2.45) is 5.92 Å². The molecule has 0 saturated heterocycles. The van der Waals surface area contributed by atoms with Gasteiger partial charge in [0.05, 0.1) is 0 Å². The van der Waals surface area contributed by atoms with E-state index in [2.05, 4.69) is 5.32 Å². The summed E-state index contributed by atoms with van der Waals surface area (Å²) in [5.41, 5.74) is 0. The summed E-state index contributed by atoms with van der Waals surface area (Å²) in [6.45, 7) is 3.18. The smallest absolute Gasteiger partial charge is 0.317 e. The summed E-state index contributed by atoms with van der Waals surface area (Å²) in [5.74, 6) is 0.308. The van der Waals surface area contributed by atoms with Gasteiger partial charge in [-0.15, -0.1) is 0 Å². The Hall–Kier alpha value is -0.910. The van der Waals surface area contributed by atoms with Gasteiger partial charge in [-0.1, -0.05) is 6.92 Å². The van der Waals surface area contributed by atoms with Crippen molar-refractivity contribution in [3.63, 3.8) is 0 Å². The minimum Gasteiger partial charge on any atom is -0.481 e. The van der Waals surface area contributed by atoms with Crippen molar-refractivity contribution in [3.8, 4) is 0 Å². The zero-order chi connectivity index (χ0) is 13.3. The fourth-order valence-corrected chi connectivity index (χ4v) is 1.65. The first-order chi connectivity index (χ1) is 7.97. The molecule has 0 saturated carbocycles. The average Bonchev–Trinajstić information content (AvgIpc) is 2.30. The molecule has 0 bridgehead atoms. The number of hydrogen-bond donors (Lipinski definition) is 2. The second-order valence-electron chi connectivity index (χ2n) is 4.14. The largest absolute Gasteiger partial charge is 0.481 e. The molecule has 0 rings (SSSR count). The van der Waals surface area contributed by atoms with Crippen LogP contribution in [0.3, 0.4) is 0 Å². The first-order valence-corrected chi connectivity index (χ1v) is 7.06. The molecule has 1 unspecified atom stereocenters. The molecule has 0 aliphatic heterocycles. The van der Waals surface area contributed by atoms with Gasteiger partial charge in [0.1, 0.15) is 0 Å². The number of nitrogens with zero attached hydrogens (tertiary/aromatic N) is 1. The average molecular weight is 262 g/mol. The van der Waals surface area contributed by atoms with Gasteiger partial charge in [-0.2, -0.15) is 11.8 Å². The molecule has 0 aromatic heterocycles. The highest BCUT2D eigenvalue weighted by Crippen LogP contribution is 2.04. The monoisotopic (exact) mass is 262 g/mol. The van der Waals surface area contributed by atoms with Crippen molar-refractivity contribution < 1.29 is 14.7 Å². The summed E-state index contributed by atoms with van der Waals surface area (Å²) in [5, 5.41) is 11.3. The van der Waals surface area contributed by atoms with Crippen LogP contribution < -0.4 is 5.32 Å². The lowest BCUT2D eigenvalue weighted by Crippen LogP contribution is -2.40. The van der Waals surface area contributed by atoms with E-state index >= 15 is 0 Å². The van der Waals surface area contributed by atoms with Gasteiger partial charge in [0.2, 0.25) is 0 Å². The molecular weight excluding hydrogens is 240 g/mol. The number of carboxylic acid groups (broad SMARTS) is 1. The van der Waals surface area contributed by atoms with Crippen molar-refractivity contribution in [3.05, 3.63) is 0 Å². The SMILES string of the molecule is CSCCN(C)C(=O)NCC(C)CCC(=O)O. The molecule has 0 aromatic rings. The van der Waals surface area contributed by atoms with Crippen LogP contribution >= 0.6 is 11.8 Å². The summed E-state index contributed by atoms with van der Waals surface area (Å²) >= 11 is 1.70. The van der Waals surface area contributed by atoms with Gasteiger partial charge < -0.3 is 15.3 Å². The molecule has 0 aliphatic carbocycles. The minimum absolute atomic E-state index is 0.0961. The quantitative estimate of drug-likeness (QED) is 0.695. The number of carbonyl (C=O) groups is 2. The van der Waals surface area contributed by atoms with Gasteiger partial charge >= 0.3 is 12.0 Å². The lowest BCUT2D eigenvalue weighted by atomic mass is 10.1. The predicted octanol–water partition coefficient (Wildman–Crippen LogP) is 1.49. The van der Waals surface area contributed by atoms with Crippen LogP contribution in [0.2, 0.25) is 0 Å². The summed E-state index contributed by atoms with van der Waals surface area (Å²) < 4.78 is 0. The Balaban J connectivity index is 3.71. The summed E-state index contributed by atoms with van der Waals surface area (Å²) in [6, 6.07) is -0.0961. The first-order valence-electron chi connectivity index (χ1n) is 5.67. The summed E-state index contributed by atoms with van der Waals surface area (Å²) in [6.07, 6.45) is 2.74. The number of carbonyl (C=O) groups excluding carboxylic acids is 1. The van der Waals surface area contributed by atoms with Crippen molar-refractivity contribution in [1.82, 2.24) is 10.2 Å². The van der Waals surface area contributed by atoms with E-state index in [1.54, 1.807) is 23.7 Å². The topological polar surface area (TPSA) is 69.6 Å². The molecule has 100 valence electrons. The highest BCUT2D eigenvalue weighted by Gasteiger charge is 2.10. The molecule has 0 fully saturated rings. The maximum atomic E-state index is 11.6. The van der Waals surface area contributed by atoms with E-state index in [1.165, 1.54) is 0 Å². The third-order valence-electron chi connectivity index (χ3n) is 2.43. The molecule has 2 amide bonds. The van der Waals surface area contributed by atoms with E-state index in [4.69, 9.17) is 5.11 Å². The van der Waals surface area contributed by atoms with Crippen LogP contribution in [0.25, 0.3) is 0 Å². The molecule has 0 aromatic carbocycles. The maximum Gasteiger partial charge on any atom is 0.317 e. The van der Waals surface area contributed by atoms with E-state index < -0.39 is 5.97 Å². The highest BCUT2D eigenvalue weighted by molar-refractivity contribution is 7.98. The van der Waals surface area contributed by atoms with Gasteiger partial charge in [0, 0.05) is 32.3 Å². The van der Waals surface area contributed by atoms with E-state index in [0.29, 0.717) is 13.0 Å². The molecular formula is C11H22N2O3S. The predicted molar refractivity (Wildman–Crippen MR) is 70.4 cm³/mol. The molecule has 0 aliphatic rings. The van der Waals surface area contributed by atoms with Gasteiger partial charge in [-0.3, -0.25) is 4.79 Å². The fraction of sp³-hybridized carbons (Fsp3) is 0.818. The number of hydrogen-bond acceptors (Lipinski definition) is 3. The third-order valence-corrected chi connectivity index (χ3v) is 3.02. The van der Waals surface area contributed by atoms with E-state index in [1.807, 2.05) is 13.2 Å². The maximum absolute atomic E-state index is 11.6. The zero-order valence-electron chi connectivity index (χ0n) is 10.7. The Kier molecular flexibility index (Phi) is 8.66.